The Hall–Kier alpha value is -1.35. The predicted molar refractivity (Wildman–Crippen MR) is 51.4 cm³/mol. The molecule has 3 nitrogen and oxygen atoms in total. The quantitative estimate of drug-likeness (QED) is 0.669. The minimum Gasteiger partial charge on any atom is -0.326 e. The van der Waals surface area contributed by atoms with Gasteiger partial charge in [0, 0.05) is 12.2 Å². The first-order valence-corrected chi connectivity index (χ1v) is 4.33. The van der Waals surface area contributed by atoms with Crippen LogP contribution >= 0.6 is 0 Å². The maximum absolute atomic E-state index is 11.1. The molecule has 0 aromatic heterocycles. The lowest BCUT2D eigenvalue weighted by molar-refractivity contribution is -0.115. The maximum Gasteiger partial charge on any atom is 0.228 e. The maximum atomic E-state index is 11.1. The number of nitrogens with one attached hydrogen (secondary N) is 1. The Labute approximate surface area is 76.9 Å². The number of hydrogen-bond acceptors (Lipinski definition) is 2. The van der Waals surface area contributed by atoms with Crippen molar-refractivity contribution in [3.8, 4) is 0 Å². The van der Waals surface area contributed by atoms with Gasteiger partial charge in [-0.3, -0.25) is 4.79 Å². The van der Waals surface area contributed by atoms with E-state index in [0.29, 0.717) is 13.0 Å². The summed E-state index contributed by atoms with van der Waals surface area (Å²) in [7, 11) is 0. The minimum absolute atomic E-state index is 0.0762. The van der Waals surface area contributed by atoms with Crippen molar-refractivity contribution in [3.63, 3.8) is 0 Å². The van der Waals surface area contributed by atoms with E-state index < -0.39 is 0 Å². The molecule has 1 amide bonds. The van der Waals surface area contributed by atoms with Crippen LogP contribution in [0.15, 0.2) is 12.1 Å². The fraction of sp³-hybridized carbons (Fsp3) is 0.300. The van der Waals surface area contributed by atoms with Crippen LogP contribution in [0.3, 0.4) is 0 Å². The molecule has 0 aliphatic carbocycles. The summed E-state index contributed by atoms with van der Waals surface area (Å²) in [6.45, 7) is 2.52. The van der Waals surface area contributed by atoms with Gasteiger partial charge < -0.3 is 11.1 Å². The van der Waals surface area contributed by atoms with Crippen molar-refractivity contribution in [2.24, 2.45) is 5.73 Å². The molecular formula is C10H12N2O. The molecule has 68 valence electrons. The Morgan fingerprint density at radius 2 is 2.31 bits per heavy atom. The number of anilines is 1. The van der Waals surface area contributed by atoms with Crippen LogP contribution in [0, 0.1) is 6.92 Å². The molecule has 13 heavy (non-hydrogen) atoms. The summed E-state index contributed by atoms with van der Waals surface area (Å²) in [5.41, 5.74) is 9.78. The van der Waals surface area contributed by atoms with Crippen LogP contribution < -0.4 is 11.1 Å². The second kappa shape index (κ2) is 2.85. The van der Waals surface area contributed by atoms with Gasteiger partial charge in [-0.05, 0) is 23.6 Å². The Morgan fingerprint density at radius 3 is 3.00 bits per heavy atom. The Morgan fingerprint density at radius 1 is 1.54 bits per heavy atom. The first-order valence-electron chi connectivity index (χ1n) is 4.33. The van der Waals surface area contributed by atoms with Gasteiger partial charge in [0.25, 0.3) is 0 Å². The first kappa shape index (κ1) is 8.26. The minimum atomic E-state index is 0.0762. The van der Waals surface area contributed by atoms with Crippen LogP contribution in [0.4, 0.5) is 5.69 Å². The second-order valence-electron chi connectivity index (χ2n) is 3.38. The highest BCUT2D eigenvalue weighted by Crippen LogP contribution is 2.27. The van der Waals surface area contributed by atoms with Crippen molar-refractivity contribution >= 4 is 11.6 Å². The number of carbonyl (C=O) groups excluding carboxylic acids is 1. The summed E-state index contributed by atoms with van der Waals surface area (Å²) in [6.07, 6.45) is 0.490. The topological polar surface area (TPSA) is 55.1 Å². The van der Waals surface area contributed by atoms with Gasteiger partial charge in [-0.2, -0.15) is 0 Å². The highest BCUT2D eigenvalue weighted by atomic mass is 16.1. The lowest BCUT2D eigenvalue weighted by atomic mass is 10.0. The average Bonchev–Trinajstić information content (AvgIpc) is 2.46. The molecule has 0 unspecified atom stereocenters. The van der Waals surface area contributed by atoms with Gasteiger partial charge >= 0.3 is 0 Å². The summed E-state index contributed by atoms with van der Waals surface area (Å²) in [4.78, 5) is 11.1. The smallest absolute Gasteiger partial charge is 0.228 e. The highest BCUT2D eigenvalue weighted by molar-refractivity contribution is 6.00. The van der Waals surface area contributed by atoms with Crippen LogP contribution in [0.25, 0.3) is 0 Å². The molecule has 0 bridgehead atoms. The monoisotopic (exact) mass is 176 g/mol. The lowest BCUT2D eigenvalue weighted by Gasteiger charge is -2.05. The molecule has 0 saturated heterocycles. The van der Waals surface area contributed by atoms with Crippen LogP contribution in [0.2, 0.25) is 0 Å². The van der Waals surface area contributed by atoms with Gasteiger partial charge in [0.15, 0.2) is 0 Å². The second-order valence-corrected chi connectivity index (χ2v) is 3.38. The first-order chi connectivity index (χ1) is 6.20. The number of amides is 1. The Bertz CT molecular complexity index is 371. The van der Waals surface area contributed by atoms with Gasteiger partial charge in [0.05, 0.1) is 6.42 Å². The molecule has 3 N–H and O–H groups in total. The van der Waals surface area contributed by atoms with Crippen LogP contribution in [-0.2, 0) is 17.8 Å². The molecule has 0 atom stereocenters. The van der Waals surface area contributed by atoms with Gasteiger partial charge in [-0.1, -0.05) is 12.1 Å². The van der Waals surface area contributed by atoms with E-state index in [2.05, 4.69) is 5.32 Å². The molecular weight excluding hydrogens is 164 g/mol. The van der Waals surface area contributed by atoms with E-state index in [1.165, 1.54) is 0 Å². The van der Waals surface area contributed by atoms with Crippen molar-refractivity contribution in [2.45, 2.75) is 19.9 Å². The Balaban J connectivity index is 2.52. The number of hydrogen-bond donors (Lipinski definition) is 2. The van der Waals surface area contributed by atoms with Crippen molar-refractivity contribution in [2.75, 3.05) is 5.32 Å². The zero-order valence-corrected chi connectivity index (χ0v) is 7.55. The third-order valence-electron chi connectivity index (χ3n) is 2.33. The number of fused-ring (bicyclic) bond motifs is 1. The summed E-state index contributed by atoms with van der Waals surface area (Å²) in [5, 5.41) is 2.84. The van der Waals surface area contributed by atoms with E-state index in [0.717, 1.165) is 22.4 Å². The molecule has 0 fully saturated rings. The number of benzene rings is 1. The fourth-order valence-corrected chi connectivity index (χ4v) is 1.73. The van der Waals surface area contributed by atoms with E-state index in [1.807, 2.05) is 19.1 Å². The molecule has 1 aromatic carbocycles. The fourth-order valence-electron chi connectivity index (χ4n) is 1.73. The SMILES string of the molecule is Cc1cc(CN)cc2c1NC(=O)C2. The van der Waals surface area contributed by atoms with Crippen LogP contribution in [-0.4, -0.2) is 5.91 Å². The summed E-state index contributed by atoms with van der Waals surface area (Å²) < 4.78 is 0. The number of carbonyl (C=O) groups is 1. The zero-order valence-electron chi connectivity index (χ0n) is 7.55. The molecule has 1 aliphatic heterocycles. The van der Waals surface area contributed by atoms with Gasteiger partial charge in [-0.25, -0.2) is 0 Å². The molecule has 1 heterocycles. The van der Waals surface area contributed by atoms with Crippen molar-refractivity contribution in [1.82, 2.24) is 0 Å². The summed E-state index contributed by atoms with van der Waals surface area (Å²) in [5.74, 6) is 0.0762. The van der Waals surface area contributed by atoms with Gasteiger partial charge in [-0.15, -0.1) is 0 Å². The normalized spacial score (nSPS) is 14.2. The third kappa shape index (κ3) is 1.31. The van der Waals surface area contributed by atoms with Crippen molar-refractivity contribution in [3.05, 3.63) is 28.8 Å². The molecule has 0 radical (unpaired) electrons. The number of nitrogens with two attached hydrogens (primary N) is 1. The molecule has 0 spiro atoms. The van der Waals surface area contributed by atoms with E-state index in [1.54, 1.807) is 0 Å². The standard InChI is InChI=1S/C10H12N2O/c1-6-2-7(5-11)3-8-4-9(13)12-10(6)8/h2-3H,4-5,11H2,1H3,(H,12,13). The van der Waals surface area contributed by atoms with E-state index in [-0.39, 0.29) is 5.91 Å². The van der Waals surface area contributed by atoms with Crippen molar-refractivity contribution < 1.29 is 4.79 Å². The molecule has 1 aliphatic rings. The number of rotatable bonds is 1. The predicted octanol–water partition coefficient (Wildman–Crippen LogP) is 0.948. The Kier molecular flexibility index (Phi) is 1.81. The van der Waals surface area contributed by atoms with Gasteiger partial charge in [0.1, 0.15) is 0 Å². The summed E-state index contributed by atoms with van der Waals surface area (Å²) >= 11 is 0. The van der Waals surface area contributed by atoms with Crippen molar-refractivity contribution in [1.29, 1.82) is 0 Å². The molecule has 1 aromatic rings. The van der Waals surface area contributed by atoms with E-state index in [9.17, 15) is 4.79 Å². The van der Waals surface area contributed by atoms with Gasteiger partial charge in [0.2, 0.25) is 5.91 Å². The lowest BCUT2D eigenvalue weighted by Crippen LogP contribution is -2.04. The number of aryl methyl sites for hydroxylation is 1. The average molecular weight is 176 g/mol. The highest BCUT2D eigenvalue weighted by Gasteiger charge is 2.19. The van der Waals surface area contributed by atoms with E-state index >= 15 is 0 Å². The molecule has 0 saturated carbocycles. The third-order valence-corrected chi connectivity index (χ3v) is 2.33. The molecule has 2 rings (SSSR count). The zero-order chi connectivity index (χ0) is 9.42. The van der Waals surface area contributed by atoms with Crippen LogP contribution in [0.5, 0.6) is 0 Å². The largest absolute Gasteiger partial charge is 0.326 e. The molecule has 3 heteroatoms. The van der Waals surface area contributed by atoms with Crippen LogP contribution in [0.1, 0.15) is 16.7 Å². The van der Waals surface area contributed by atoms with E-state index in [4.69, 9.17) is 5.73 Å². The summed E-state index contributed by atoms with van der Waals surface area (Å²) in [6, 6.07) is 4.02.